The van der Waals surface area contributed by atoms with Gasteiger partial charge in [-0.3, -0.25) is 10.1 Å². The van der Waals surface area contributed by atoms with Crippen molar-refractivity contribution in [3.05, 3.63) is 35.9 Å². The third-order valence-electron chi connectivity index (χ3n) is 2.34. The standard InChI is InChI=1S/C14H14Cl3NO6/c1-9(19)24-11(18-13(21)23-8-14(15,16)17)12(20)22-7-10-5-3-2-4-6-10/h2-6,11H,7-8H2,1H3,(H,18,21). The molecule has 10 heteroatoms. The molecule has 0 spiro atoms. The molecule has 0 aliphatic heterocycles. The summed E-state index contributed by atoms with van der Waals surface area (Å²) in [7, 11) is 0. The molecule has 1 aromatic carbocycles. The van der Waals surface area contributed by atoms with Gasteiger partial charge in [0.1, 0.15) is 13.2 Å². The highest BCUT2D eigenvalue weighted by Crippen LogP contribution is 2.25. The van der Waals surface area contributed by atoms with Crippen molar-refractivity contribution in [3.63, 3.8) is 0 Å². The number of nitrogens with one attached hydrogen (secondary N) is 1. The number of rotatable bonds is 6. The Labute approximate surface area is 153 Å². The molecular weight excluding hydrogens is 385 g/mol. The van der Waals surface area contributed by atoms with Crippen molar-refractivity contribution in [3.8, 4) is 0 Å². The van der Waals surface area contributed by atoms with Gasteiger partial charge >= 0.3 is 18.0 Å². The van der Waals surface area contributed by atoms with Gasteiger partial charge < -0.3 is 14.2 Å². The zero-order chi connectivity index (χ0) is 18.2. The zero-order valence-electron chi connectivity index (χ0n) is 12.5. The maximum absolute atomic E-state index is 11.9. The van der Waals surface area contributed by atoms with Gasteiger partial charge in [0.05, 0.1) is 0 Å². The number of carbonyl (C=O) groups is 3. The summed E-state index contributed by atoms with van der Waals surface area (Å²) in [6.45, 7) is 0.434. The number of amides is 1. The zero-order valence-corrected chi connectivity index (χ0v) is 14.7. The van der Waals surface area contributed by atoms with Gasteiger partial charge in [-0.15, -0.1) is 0 Å². The predicted octanol–water partition coefficient (Wildman–Crippen LogP) is 2.72. The summed E-state index contributed by atoms with van der Waals surface area (Å²) < 4.78 is 12.4. The molecule has 1 rings (SSSR count). The minimum atomic E-state index is -1.82. The van der Waals surface area contributed by atoms with Gasteiger partial charge in [-0.1, -0.05) is 65.1 Å². The van der Waals surface area contributed by atoms with E-state index in [0.29, 0.717) is 5.56 Å². The monoisotopic (exact) mass is 397 g/mol. The van der Waals surface area contributed by atoms with Gasteiger partial charge in [0.25, 0.3) is 6.23 Å². The van der Waals surface area contributed by atoms with Crippen LogP contribution in [0.4, 0.5) is 4.79 Å². The van der Waals surface area contributed by atoms with E-state index in [9.17, 15) is 14.4 Å². The van der Waals surface area contributed by atoms with Crippen LogP contribution in [-0.2, 0) is 30.4 Å². The van der Waals surface area contributed by atoms with Crippen LogP contribution >= 0.6 is 34.8 Å². The highest BCUT2D eigenvalue weighted by molar-refractivity contribution is 6.67. The Kier molecular flexibility index (Phi) is 8.10. The molecule has 1 aromatic rings. The largest absolute Gasteiger partial charge is 0.457 e. The third kappa shape index (κ3) is 8.81. The molecule has 7 nitrogen and oxygen atoms in total. The number of alkyl halides is 3. The number of ether oxygens (including phenoxy) is 3. The highest BCUT2D eigenvalue weighted by Gasteiger charge is 2.28. The molecule has 0 aromatic heterocycles. The minimum absolute atomic E-state index is 0.0671. The first-order valence-electron chi connectivity index (χ1n) is 6.55. The van der Waals surface area contributed by atoms with E-state index in [2.05, 4.69) is 9.47 Å². The first-order chi connectivity index (χ1) is 11.2. The number of hydrogen-bond donors (Lipinski definition) is 1. The number of alkyl carbamates (subject to hydrolysis) is 1. The first kappa shape index (κ1) is 20.3. The molecule has 132 valence electrons. The maximum Gasteiger partial charge on any atom is 0.410 e. The Balaban J connectivity index is 2.58. The van der Waals surface area contributed by atoms with Gasteiger partial charge in [0, 0.05) is 6.92 Å². The smallest absolute Gasteiger partial charge is 0.410 e. The summed E-state index contributed by atoms with van der Waals surface area (Å²) in [5.41, 5.74) is 0.714. The second kappa shape index (κ2) is 9.56. The quantitative estimate of drug-likeness (QED) is 0.343. The summed E-state index contributed by atoms with van der Waals surface area (Å²) in [6, 6.07) is 8.79. The Morgan fingerprint density at radius 2 is 1.75 bits per heavy atom. The first-order valence-corrected chi connectivity index (χ1v) is 7.68. The molecule has 0 heterocycles. The topological polar surface area (TPSA) is 90.9 Å². The van der Waals surface area contributed by atoms with E-state index in [1.54, 1.807) is 30.3 Å². The van der Waals surface area contributed by atoms with Crippen LogP contribution in [0.5, 0.6) is 0 Å². The Hall–Kier alpha value is -1.70. The van der Waals surface area contributed by atoms with Crippen LogP contribution in [0.3, 0.4) is 0 Å². The fourth-order valence-electron chi connectivity index (χ4n) is 1.40. The highest BCUT2D eigenvalue weighted by atomic mass is 35.6. The van der Waals surface area contributed by atoms with Crippen LogP contribution < -0.4 is 5.32 Å². The van der Waals surface area contributed by atoms with E-state index >= 15 is 0 Å². The van der Waals surface area contributed by atoms with Gasteiger partial charge in [-0.2, -0.15) is 0 Å². The number of esters is 2. The van der Waals surface area contributed by atoms with Crippen LogP contribution in [0.15, 0.2) is 30.3 Å². The fraction of sp³-hybridized carbons (Fsp3) is 0.357. The SMILES string of the molecule is CC(=O)OC(NC(=O)OCC(Cl)(Cl)Cl)C(=O)OCc1ccccc1. The van der Waals surface area contributed by atoms with Crippen molar-refractivity contribution in [2.75, 3.05) is 6.61 Å². The molecule has 0 fully saturated rings. The number of hydrogen-bond acceptors (Lipinski definition) is 6. The van der Waals surface area contributed by atoms with E-state index in [0.717, 1.165) is 6.92 Å². The van der Waals surface area contributed by atoms with E-state index in [1.165, 1.54) is 0 Å². The lowest BCUT2D eigenvalue weighted by Gasteiger charge is -2.18. The van der Waals surface area contributed by atoms with Crippen molar-refractivity contribution < 1.29 is 28.6 Å². The van der Waals surface area contributed by atoms with Crippen LogP contribution in [0, 0.1) is 0 Å². The third-order valence-corrected chi connectivity index (χ3v) is 2.67. The lowest BCUT2D eigenvalue weighted by atomic mass is 10.2. The molecule has 0 bridgehead atoms. The van der Waals surface area contributed by atoms with Crippen LogP contribution in [0.2, 0.25) is 0 Å². The minimum Gasteiger partial charge on any atom is -0.457 e. The van der Waals surface area contributed by atoms with Crippen molar-refractivity contribution in [2.24, 2.45) is 0 Å². The van der Waals surface area contributed by atoms with Crippen molar-refractivity contribution in [1.82, 2.24) is 5.32 Å². The molecule has 0 aliphatic rings. The normalized spacial score (nSPS) is 12.0. The molecule has 0 radical (unpaired) electrons. The lowest BCUT2D eigenvalue weighted by Crippen LogP contribution is -2.45. The van der Waals surface area contributed by atoms with Crippen LogP contribution in [0.25, 0.3) is 0 Å². The van der Waals surface area contributed by atoms with E-state index < -0.39 is 34.7 Å². The van der Waals surface area contributed by atoms with Gasteiger partial charge in [0.15, 0.2) is 0 Å². The number of halogens is 3. The van der Waals surface area contributed by atoms with Crippen molar-refractivity contribution >= 4 is 52.8 Å². The molecule has 1 amide bonds. The fourth-order valence-corrected chi connectivity index (χ4v) is 1.57. The summed E-state index contributed by atoms with van der Waals surface area (Å²) in [4.78, 5) is 34.5. The number of benzene rings is 1. The summed E-state index contributed by atoms with van der Waals surface area (Å²) in [6.07, 6.45) is -2.81. The van der Waals surface area contributed by atoms with E-state index in [4.69, 9.17) is 39.5 Å². The van der Waals surface area contributed by atoms with Crippen molar-refractivity contribution in [1.29, 1.82) is 0 Å². The molecular formula is C14H14Cl3NO6. The molecule has 24 heavy (non-hydrogen) atoms. The molecule has 0 saturated heterocycles. The Bertz CT molecular complexity index is 576. The second-order valence-corrected chi connectivity index (χ2v) is 6.93. The van der Waals surface area contributed by atoms with Gasteiger partial charge in [-0.25, -0.2) is 9.59 Å². The molecule has 0 saturated carbocycles. The van der Waals surface area contributed by atoms with Crippen LogP contribution in [0.1, 0.15) is 12.5 Å². The van der Waals surface area contributed by atoms with Gasteiger partial charge in [-0.05, 0) is 5.56 Å². The van der Waals surface area contributed by atoms with Gasteiger partial charge in [0.2, 0.25) is 3.79 Å². The summed E-state index contributed by atoms with van der Waals surface area (Å²) >= 11 is 16.3. The lowest BCUT2D eigenvalue weighted by molar-refractivity contribution is -0.169. The summed E-state index contributed by atoms with van der Waals surface area (Å²) in [5, 5.41) is 2.00. The molecule has 0 aliphatic carbocycles. The number of carbonyl (C=O) groups excluding carboxylic acids is 3. The van der Waals surface area contributed by atoms with E-state index in [1.807, 2.05) is 5.32 Å². The van der Waals surface area contributed by atoms with Crippen molar-refractivity contribution in [2.45, 2.75) is 23.6 Å². The average molecular weight is 399 g/mol. The molecule has 1 N–H and O–H groups in total. The Morgan fingerprint density at radius 3 is 2.29 bits per heavy atom. The molecule has 1 unspecified atom stereocenters. The van der Waals surface area contributed by atoms with Crippen LogP contribution in [-0.4, -0.2) is 34.7 Å². The summed E-state index contributed by atoms with van der Waals surface area (Å²) in [5.74, 6) is -1.79. The second-order valence-electron chi connectivity index (χ2n) is 4.42. The molecule has 1 atom stereocenters. The van der Waals surface area contributed by atoms with E-state index in [-0.39, 0.29) is 6.61 Å². The average Bonchev–Trinajstić information content (AvgIpc) is 2.50. The maximum atomic E-state index is 11.9. The predicted molar refractivity (Wildman–Crippen MR) is 86.6 cm³/mol. The Morgan fingerprint density at radius 1 is 1.12 bits per heavy atom.